The van der Waals surface area contributed by atoms with Gasteiger partial charge in [-0.2, -0.15) is 0 Å². The van der Waals surface area contributed by atoms with Gasteiger partial charge in [0.05, 0.1) is 18.3 Å². The van der Waals surface area contributed by atoms with Gasteiger partial charge in [0.15, 0.2) is 5.12 Å². The molecule has 7 heteroatoms. The summed E-state index contributed by atoms with van der Waals surface area (Å²) < 4.78 is 17.1. The number of thioether (sulfide) groups is 1. The van der Waals surface area contributed by atoms with Crippen LogP contribution >= 0.6 is 11.8 Å². The number of methoxy groups -OCH3 is 1. The van der Waals surface area contributed by atoms with Crippen molar-refractivity contribution in [3.8, 4) is 0 Å². The van der Waals surface area contributed by atoms with Crippen molar-refractivity contribution >= 4 is 36.0 Å². The van der Waals surface area contributed by atoms with Crippen LogP contribution in [0.2, 0.25) is 0 Å². The Balaban J connectivity index is 2.33. The van der Waals surface area contributed by atoms with Crippen LogP contribution in [0, 0.1) is 0 Å². The number of hydrogen-bond acceptors (Lipinski definition) is 6. The van der Waals surface area contributed by atoms with Crippen LogP contribution in [0.15, 0.2) is 29.7 Å². The number of benzene rings is 1. The number of ether oxygens (including phenoxy) is 1. The lowest BCUT2D eigenvalue weighted by Crippen LogP contribution is -2.41. The minimum Gasteiger partial charge on any atom is -0.469 e. The zero-order valence-electron chi connectivity index (χ0n) is 17.5. The van der Waals surface area contributed by atoms with E-state index in [1.54, 1.807) is 6.92 Å². The lowest BCUT2D eigenvalue weighted by Gasteiger charge is -2.32. The van der Waals surface area contributed by atoms with Crippen molar-refractivity contribution < 1.29 is 23.6 Å². The molecule has 0 bridgehead atoms. The summed E-state index contributed by atoms with van der Waals surface area (Å²) in [5.41, 5.74) is 2.00. The van der Waals surface area contributed by atoms with Gasteiger partial charge in [-0.1, -0.05) is 42.1 Å². The summed E-state index contributed by atoms with van der Waals surface area (Å²) >= 11 is 1.23. The molecule has 1 heterocycles. The van der Waals surface area contributed by atoms with Gasteiger partial charge in [0.1, 0.15) is 0 Å². The molecule has 0 atom stereocenters. The van der Waals surface area contributed by atoms with Gasteiger partial charge in [-0.05, 0) is 50.7 Å². The summed E-state index contributed by atoms with van der Waals surface area (Å²) in [5.74, 6) is 0.245. The molecule has 1 saturated heterocycles. The average Bonchev–Trinajstić information content (AvgIpc) is 2.84. The summed E-state index contributed by atoms with van der Waals surface area (Å²) in [4.78, 5) is 23.1. The van der Waals surface area contributed by atoms with Gasteiger partial charge in [0.25, 0.3) is 0 Å². The molecular formula is C21H29BO5S. The van der Waals surface area contributed by atoms with Crippen molar-refractivity contribution in [1.82, 2.24) is 0 Å². The SMILES string of the molecule is COC(=O)CCc1ccccc1C=C(CSC(C)=O)B1OC(C)(C)C(C)(C)O1. The third-order valence-electron chi connectivity index (χ3n) is 5.22. The van der Waals surface area contributed by atoms with E-state index < -0.39 is 18.3 Å². The van der Waals surface area contributed by atoms with E-state index in [-0.39, 0.29) is 11.1 Å². The first kappa shape index (κ1) is 22.7. The fraction of sp³-hybridized carbons (Fsp3) is 0.524. The molecule has 0 amide bonds. The molecule has 1 fully saturated rings. The van der Waals surface area contributed by atoms with E-state index in [1.165, 1.54) is 18.9 Å². The Morgan fingerprint density at radius 1 is 1.14 bits per heavy atom. The largest absolute Gasteiger partial charge is 0.491 e. The lowest BCUT2D eigenvalue weighted by atomic mass is 9.78. The van der Waals surface area contributed by atoms with Gasteiger partial charge in [-0.3, -0.25) is 9.59 Å². The third kappa shape index (κ3) is 5.72. The fourth-order valence-electron chi connectivity index (χ4n) is 2.80. The molecule has 0 saturated carbocycles. The molecule has 1 aromatic rings. The Morgan fingerprint density at radius 2 is 1.75 bits per heavy atom. The standard InChI is InChI=1S/C21H29BO5S/c1-15(23)28-14-18(22-26-20(2,3)21(4,5)27-22)13-17-10-8-7-9-16(17)11-12-19(24)25-6/h7-10,13H,11-12,14H2,1-6H3. The zero-order valence-corrected chi connectivity index (χ0v) is 18.4. The number of carbonyl (C=O) groups excluding carboxylic acids is 2. The number of esters is 1. The van der Waals surface area contributed by atoms with Crippen LogP contribution in [-0.2, 0) is 30.1 Å². The number of aryl methyl sites for hydroxylation is 1. The molecule has 0 radical (unpaired) electrons. The maximum atomic E-state index is 11.6. The molecule has 5 nitrogen and oxygen atoms in total. The second kappa shape index (κ2) is 9.29. The minimum absolute atomic E-state index is 0.0430. The van der Waals surface area contributed by atoms with Crippen LogP contribution in [0.5, 0.6) is 0 Å². The predicted octanol–water partition coefficient (Wildman–Crippen LogP) is 4.09. The van der Waals surface area contributed by atoms with Crippen LogP contribution in [0.3, 0.4) is 0 Å². The Kier molecular flexibility index (Phi) is 7.54. The predicted molar refractivity (Wildman–Crippen MR) is 114 cm³/mol. The Hall–Kier alpha value is -1.57. The van der Waals surface area contributed by atoms with Crippen molar-refractivity contribution in [1.29, 1.82) is 0 Å². The highest BCUT2D eigenvalue weighted by atomic mass is 32.2. The summed E-state index contributed by atoms with van der Waals surface area (Å²) in [7, 11) is 0.870. The highest BCUT2D eigenvalue weighted by molar-refractivity contribution is 8.13. The van der Waals surface area contributed by atoms with E-state index in [9.17, 15) is 9.59 Å². The highest BCUT2D eigenvalue weighted by Gasteiger charge is 2.52. The smallest absolute Gasteiger partial charge is 0.469 e. The van der Waals surface area contributed by atoms with E-state index in [1.807, 2.05) is 58.0 Å². The average molecular weight is 404 g/mol. The van der Waals surface area contributed by atoms with Crippen LogP contribution in [-0.4, -0.2) is 42.3 Å². The lowest BCUT2D eigenvalue weighted by molar-refractivity contribution is -0.140. The van der Waals surface area contributed by atoms with Gasteiger partial charge in [0, 0.05) is 19.1 Å². The van der Waals surface area contributed by atoms with Crippen LogP contribution in [0.25, 0.3) is 6.08 Å². The monoisotopic (exact) mass is 404 g/mol. The molecule has 28 heavy (non-hydrogen) atoms. The molecule has 1 aliphatic heterocycles. The summed E-state index contributed by atoms with van der Waals surface area (Å²) in [6.07, 6.45) is 2.91. The van der Waals surface area contributed by atoms with Gasteiger partial charge in [-0.15, -0.1) is 0 Å². The molecule has 1 aromatic carbocycles. The molecule has 2 rings (SSSR count). The van der Waals surface area contributed by atoms with Crippen molar-refractivity contribution in [3.63, 3.8) is 0 Å². The van der Waals surface area contributed by atoms with E-state index in [0.717, 1.165) is 16.6 Å². The molecule has 1 aliphatic rings. The second-order valence-corrected chi connectivity index (χ2v) is 9.01. The van der Waals surface area contributed by atoms with E-state index in [2.05, 4.69) is 0 Å². The fourth-order valence-corrected chi connectivity index (χ4v) is 3.39. The molecular weight excluding hydrogens is 375 g/mol. The Labute approximate surface area is 172 Å². The molecule has 0 aliphatic carbocycles. The first-order valence-corrected chi connectivity index (χ1v) is 10.4. The summed E-state index contributed by atoms with van der Waals surface area (Å²) in [6, 6.07) is 7.89. The normalized spacial score (nSPS) is 18.2. The van der Waals surface area contributed by atoms with Gasteiger partial charge in [-0.25, -0.2) is 0 Å². The Morgan fingerprint density at radius 3 is 2.32 bits per heavy atom. The van der Waals surface area contributed by atoms with Crippen LogP contribution in [0.1, 0.15) is 52.2 Å². The first-order valence-electron chi connectivity index (χ1n) is 9.40. The number of hydrogen-bond donors (Lipinski definition) is 0. The Bertz CT molecular complexity index is 741. The maximum absolute atomic E-state index is 11.6. The molecule has 0 unspecified atom stereocenters. The van der Waals surface area contributed by atoms with Gasteiger partial charge in [0.2, 0.25) is 0 Å². The summed E-state index contributed by atoms with van der Waals surface area (Å²) in [6.45, 7) is 9.58. The van der Waals surface area contributed by atoms with E-state index in [4.69, 9.17) is 14.0 Å². The number of rotatable bonds is 7. The van der Waals surface area contributed by atoms with Crippen molar-refractivity contribution in [2.45, 2.75) is 58.7 Å². The van der Waals surface area contributed by atoms with E-state index >= 15 is 0 Å². The van der Waals surface area contributed by atoms with Crippen molar-refractivity contribution in [2.24, 2.45) is 0 Å². The third-order valence-corrected chi connectivity index (χ3v) is 6.10. The quantitative estimate of drug-likeness (QED) is 0.504. The van der Waals surface area contributed by atoms with Crippen LogP contribution < -0.4 is 0 Å². The highest BCUT2D eigenvalue weighted by Crippen LogP contribution is 2.39. The molecule has 152 valence electrons. The van der Waals surface area contributed by atoms with E-state index in [0.29, 0.717) is 18.6 Å². The van der Waals surface area contributed by atoms with Gasteiger partial charge < -0.3 is 14.0 Å². The van der Waals surface area contributed by atoms with Crippen LogP contribution in [0.4, 0.5) is 0 Å². The molecule has 0 aromatic heterocycles. The van der Waals surface area contributed by atoms with Crippen molar-refractivity contribution in [3.05, 3.63) is 40.9 Å². The topological polar surface area (TPSA) is 61.8 Å². The first-order chi connectivity index (χ1) is 13.1. The van der Waals surface area contributed by atoms with Crippen molar-refractivity contribution in [2.75, 3.05) is 12.9 Å². The summed E-state index contributed by atoms with van der Waals surface area (Å²) in [5, 5.41) is 0.0430. The maximum Gasteiger partial charge on any atom is 0.491 e. The minimum atomic E-state index is -0.523. The molecule has 0 spiro atoms. The second-order valence-electron chi connectivity index (χ2n) is 7.86. The van der Waals surface area contributed by atoms with Gasteiger partial charge >= 0.3 is 13.1 Å². The molecule has 0 N–H and O–H groups in total. The number of carbonyl (C=O) groups is 2. The zero-order chi connectivity index (χ0) is 20.9.